The van der Waals surface area contributed by atoms with Gasteiger partial charge in [0.25, 0.3) is 0 Å². The lowest BCUT2D eigenvalue weighted by molar-refractivity contribution is 0.291. The molecule has 0 saturated heterocycles. The van der Waals surface area contributed by atoms with Gasteiger partial charge in [-0.25, -0.2) is 4.98 Å². The Morgan fingerprint density at radius 1 is 0.951 bits per heavy atom. The standard InChI is InChI=1S/C33H40N8/c34-31-39-32(37-26-11-7-22-6-9-25(10-8-23(22)19-26)36-24-3-1-4-24)40-41(31)29-20-27(30-28(38-29)5-2-18-35-30)33-15-12-21(13-16-33)14-17-33/h7,11-13,15,19-20,24-25,35-36H,1-6,8-10,14,16-18H2,(H3,34,37,39,40). The zero-order valence-corrected chi connectivity index (χ0v) is 23.8. The summed E-state index contributed by atoms with van der Waals surface area (Å²) in [4.78, 5) is 9.65. The Labute approximate surface area is 241 Å². The van der Waals surface area contributed by atoms with Crippen LogP contribution in [0.2, 0.25) is 0 Å². The van der Waals surface area contributed by atoms with Crippen LogP contribution < -0.4 is 21.7 Å². The van der Waals surface area contributed by atoms with E-state index in [-0.39, 0.29) is 5.41 Å². The van der Waals surface area contributed by atoms with E-state index in [0.717, 1.165) is 74.7 Å². The molecule has 0 spiro atoms. The summed E-state index contributed by atoms with van der Waals surface area (Å²) in [6, 6.07) is 10.3. The largest absolute Gasteiger partial charge is 0.383 e. The number of fused-ring (bicyclic) bond motifs is 4. The monoisotopic (exact) mass is 548 g/mol. The van der Waals surface area contributed by atoms with Crippen molar-refractivity contribution < 1.29 is 0 Å². The molecule has 9 rings (SSSR count). The van der Waals surface area contributed by atoms with E-state index in [4.69, 9.17) is 15.8 Å². The number of pyridine rings is 1. The van der Waals surface area contributed by atoms with Gasteiger partial charge in [0, 0.05) is 29.7 Å². The Morgan fingerprint density at radius 2 is 1.83 bits per heavy atom. The quantitative estimate of drug-likeness (QED) is 0.295. The molecule has 2 aromatic heterocycles. The van der Waals surface area contributed by atoms with Gasteiger partial charge in [-0.3, -0.25) is 0 Å². The van der Waals surface area contributed by atoms with Gasteiger partial charge in [0.15, 0.2) is 5.82 Å². The smallest absolute Gasteiger partial charge is 0.248 e. The van der Waals surface area contributed by atoms with Crippen molar-refractivity contribution in [1.29, 1.82) is 0 Å². The predicted octanol–water partition coefficient (Wildman–Crippen LogP) is 5.65. The van der Waals surface area contributed by atoms with Gasteiger partial charge in [0.2, 0.25) is 11.9 Å². The minimum atomic E-state index is -0.00145. The average Bonchev–Trinajstić information content (AvgIpc) is 3.23. The van der Waals surface area contributed by atoms with E-state index in [1.54, 1.807) is 4.68 Å². The average molecular weight is 549 g/mol. The van der Waals surface area contributed by atoms with Crippen LogP contribution in [0.15, 0.2) is 48.1 Å². The van der Waals surface area contributed by atoms with E-state index in [2.05, 4.69) is 63.4 Å². The van der Waals surface area contributed by atoms with Crippen molar-refractivity contribution in [2.75, 3.05) is 22.9 Å². The minimum absolute atomic E-state index is 0.00145. The normalized spacial score (nSPS) is 25.0. The summed E-state index contributed by atoms with van der Waals surface area (Å²) in [5.41, 5.74) is 15.4. The molecule has 212 valence electrons. The van der Waals surface area contributed by atoms with Crippen LogP contribution in [0.4, 0.5) is 23.3 Å². The van der Waals surface area contributed by atoms with Crippen molar-refractivity contribution in [3.8, 4) is 5.82 Å². The number of anilines is 4. The summed E-state index contributed by atoms with van der Waals surface area (Å²) >= 11 is 0. The van der Waals surface area contributed by atoms with Gasteiger partial charge in [-0.1, -0.05) is 36.3 Å². The van der Waals surface area contributed by atoms with Gasteiger partial charge in [0.05, 0.1) is 11.4 Å². The van der Waals surface area contributed by atoms with Crippen LogP contribution in [0, 0.1) is 0 Å². The molecule has 1 aromatic carbocycles. The van der Waals surface area contributed by atoms with E-state index >= 15 is 0 Å². The number of hydrogen-bond acceptors (Lipinski definition) is 7. The lowest BCUT2D eigenvalue weighted by Gasteiger charge is -2.40. The van der Waals surface area contributed by atoms with Crippen LogP contribution in [0.1, 0.15) is 80.2 Å². The molecule has 2 bridgehead atoms. The molecule has 41 heavy (non-hydrogen) atoms. The van der Waals surface area contributed by atoms with Gasteiger partial charge < -0.3 is 21.7 Å². The fourth-order valence-corrected chi connectivity index (χ4v) is 7.45. The highest BCUT2D eigenvalue weighted by Crippen LogP contribution is 2.48. The fourth-order valence-electron chi connectivity index (χ4n) is 7.45. The number of hydrogen-bond donors (Lipinski definition) is 4. The van der Waals surface area contributed by atoms with Crippen LogP contribution in [0.3, 0.4) is 0 Å². The first-order valence-electron chi connectivity index (χ1n) is 15.7. The number of nitrogens with one attached hydrogen (secondary N) is 3. The number of aromatic nitrogens is 4. The number of allylic oxidation sites excluding steroid dienone is 4. The first-order chi connectivity index (χ1) is 20.1. The lowest BCUT2D eigenvalue weighted by atomic mass is 9.65. The zero-order chi connectivity index (χ0) is 27.4. The maximum Gasteiger partial charge on any atom is 0.248 e. The molecule has 5 N–H and O–H groups in total. The highest BCUT2D eigenvalue weighted by atomic mass is 15.4. The van der Waals surface area contributed by atoms with Gasteiger partial charge in [-0.2, -0.15) is 9.67 Å². The molecule has 6 aliphatic rings. The van der Waals surface area contributed by atoms with Crippen molar-refractivity contribution in [3.05, 3.63) is 70.5 Å². The van der Waals surface area contributed by atoms with E-state index in [0.29, 0.717) is 17.9 Å². The summed E-state index contributed by atoms with van der Waals surface area (Å²) in [5.74, 6) is 1.59. The first kappa shape index (κ1) is 25.1. The van der Waals surface area contributed by atoms with Crippen LogP contribution in [0.25, 0.3) is 5.82 Å². The molecule has 3 aromatic rings. The summed E-state index contributed by atoms with van der Waals surface area (Å²) < 4.78 is 1.70. The third-order valence-electron chi connectivity index (χ3n) is 10.1. The number of aryl methyl sites for hydroxylation is 3. The summed E-state index contributed by atoms with van der Waals surface area (Å²) in [6.45, 7) is 0.986. The molecular weight excluding hydrogens is 508 g/mol. The molecule has 0 radical (unpaired) electrons. The molecule has 2 unspecified atom stereocenters. The Kier molecular flexibility index (Phi) is 6.13. The number of benzene rings is 1. The molecule has 5 aliphatic carbocycles. The summed E-state index contributed by atoms with van der Waals surface area (Å²) in [6.07, 6.45) is 21.1. The van der Waals surface area contributed by atoms with E-state index in [9.17, 15) is 0 Å². The second kappa shape index (κ2) is 10.0. The number of rotatable bonds is 6. The predicted molar refractivity (Wildman–Crippen MR) is 164 cm³/mol. The van der Waals surface area contributed by atoms with E-state index < -0.39 is 0 Å². The van der Waals surface area contributed by atoms with Crippen LogP contribution in [-0.2, 0) is 24.7 Å². The highest BCUT2D eigenvalue weighted by Gasteiger charge is 2.38. The van der Waals surface area contributed by atoms with Crippen molar-refractivity contribution in [1.82, 2.24) is 25.1 Å². The van der Waals surface area contributed by atoms with E-state index in [1.165, 1.54) is 60.1 Å². The Bertz CT molecular complexity index is 1550. The maximum absolute atomic E-state index is 6.47. The topological polar surface area (TPSA) is 106 Å². The van der Waals surface area contributed by atoms with Gasteiger partial charge in [-0.05, 0) is 106 Å². The Balaban J connectivity index is 1.05. The molecule has 1 aliphatic heterocycles. The van der Waals surface area contributed by atoms with Crippen molar-refractivity contribution in [2.45, 2.75) is 94.5 Å². The second-order valence-corrected chi connectivity index (χ2v) is 12.7. The number of nitrogens with zero attached hydrogens (tertiary/aromatic N) is 4. The Morgan fingerprint density at radius 3 is 2.61 bits per heavy atom. The molecular formula is C33H40N8. The summed E-state index contributed by atoms with van der Waals surface area (Å²) in [5, 5.41) is 15.8. The third kappa shape index (κ3) is 4.62. The first-order valence-corrected chi connectivity index (χ1v) is 15.7. The molecule has 8 nitrogen and oxygen atoms in total. The number of nitrogens with two attached hydrogens (primary N) is 1. The van der Waals surface area contributed by atoms with Gasteiger partial charge >= 0.3 is 0 Å². The molecule has 3 heterocycles. The zero-order valence-electron chi connectivity index (χ0n) is 23.8. The van der Waals surface area contributed by atoms with Gasteiger partial charge in [-0.15, -0.1) is 5.10 Å². The molecule has 2 atom stereocenters. The van der Waals surface area contributed by atoms with E-state index in [1.807, 2.05) is 0 Å². The van der Waals surface area contributed by atoms with Crippen molar-refractivity contribution in [3.63, 3.8) is 0 Å². The van der Waals surface area contributed by atoms with Crippen LogP contribution in [0.5, 0.6) is 0 Å². The van der Waals surface area contributed by atoms with Crippen molar-refractivity contribution in [2.24, 2.45) is 0 Å². The molecule has 0 amide bonds. The van der Waals surface area contributed by atoms with Crippen LogP contribution >= 0.6 is 0 Å². The van der Waals surface area contributed by atoms with Crippen LogP contribution in [-0.4, -0.2) is 38.4 Å². The molecule has 1 saturated carbocycles. The Hall–Kier alpha value is -3.65. The third-order valence-corrected chi connectivity index (χ3v) is 10.1. The SMILES string of the molecule is Nc1nc(Nc2ccc3c(c2)CCC(NC2CCC2)CC3)nn1-c1cc(C23C=CC(=CC2)CC3)c2c(n1)CCCN2. The van der Waals surface area contributed by atoms with Gasteiger partial charge in [0.1, 0.15) is 0 Å². The summed E-state index contributed by atoms with van der Waals surface area (Å²) in [7, 11) is 0. The minimum Gasteiger partial charge on any atom is -0.383 e. The molecule has 8 heteroatoms. The highest BCUT2D eigenvalue weighted by molar-refractivity contribution is 5.65. The maximum atomic E-state index is 6.47. The molecule has 1 fully saturated rings. The second-order valence-electron chi connectivity index (χ2n) is 12.7. The lowest BCUT2D eigenvalue weighted by Crippen LogP contribution is -2.42. The van der Waals surface area contributed by atoms with Crippen molar-refractivity contribution >= 4 is 23.3 Å². The fraction of sp³-hybridized carbons (Fsp3) is 0.485. The number of nitrogen functional groups attached to an aromatic ring is 1.